The van der Waals surface area contributed by atoms with Gasteiger partial charge < -0.3 is 4.74 Å². The number of carbonyl (C=O) groups excluding carboxylic acids is 1. The van der Waals surface area contributed by atoms with Crippen molar-refractivity contribution in [3.05, 3.63) is 27.5 Å². The number of methoxy groups -OCH3 is 1. The molecule has 0 aliphatic carbocycles. The molecule has 2 heterocycles. The first-order valence-electron chi connectivity index (χ1n) is 5.26. The molecule has 0 amide bonds. The third-order valence-electron chi connectivity index (χ3n) is 2.36. The largest absolute Gasteiger partial charge is 0.469 e. The van der Waals surface area contributed by atoms with Crippen LogP contribution in [0.2, 0.25) is 0 Å². The van der Waals surface area contributed by atoms with E-state index in [4.69, 9.17) is 0 Å². The normalized spacial score (nSPS) is 10.5. The Bertz CT molecular complexity index is 516. The van der Waals surface area contributed by atoms with E-state index in [1.54, 1.807) is 22.7 Å². The van der Waals surface area contributed by atoms with Gasteiger partial charge in [-0.15, -0.1) is 22.7 Å². The highest BCUT2D eigenvalue weighted by Crippen LogP contribution is 2.30. The first-order chi connectivity index (χ1) is 8.19. The topological polar surface area (TPSA) is 39.2 Å². The van der Waals surface area contributed by atoms with Crippen molar-refractivity contribution in [1.29, 1.82) is 0 Å². The Morgan fingerprint density at radius 2 is 2.35 bits per heavy atom. The zero-order valence-corrected chi connectivity index (χ0v) is 11.4. The summed E-state index contributed by atoms with van der Waals surface area (Å²) in [5, 5.41) is 3.18. The van der Waals surface area contributed by atoms with Gasteiger partial charge in [-0.05, 0) is 24.8 Å². The van der Waals surface area contributed by atoms with Crippen LogP contribution < -0.4 is 0 Å². The van der Waals surface area contributed by atoms with Gasteiger partial charge in [0.05, 0.1) is 23.4 Å². The third-order valence-corrected chi connectivity index (χ3v) is 4.32. The molecular formula is C12H13NO2S2. The van der Waals surface area contributed by atoms with E-state index in [0.717, 1.165) is 11.4 Å². The Balaban J connectivity index is 2.03. The van der Waals surface area contributed by atoms with Gasteiger partial charge in [0.15, 0.2) is 0 Å². The Labute approximate surface area is 108 Å². The molecule has 2 rings (SSSR count). The summed E-state index contributed by atoms with van der Waals surface area (Å²) >= 11 is 3.36. The van der Waals surface area contributed by atoms with E-state index in [1.165, 1.54) is 22.4 Å². The fraction of sp³-hybridized carbons (Fsp3) is 0.333. The average Bonchev–Trinajstić information content (AvgIpc) is 2.94. The minimum atomic E-state index is -0.159. The molecule has 0 aliphatic heterocycles. The molecule has 0 radical (unpaired) electrons. The maximum absolute atomic E-state index is 11.0. The molecule has 0 atom stereocenters. The Morgan fingerprint density at radius 1 is 1.53 bits per heavy atom. The molecule has 0 aromatic carbocycles. The summed E-state index contributed by atoms with van der Waals surface area (Å²) in [4.78, 5) is 17.7. The fourth-order valence-corrected chi connectivity index (χ4v) is 3.19. The van der Waals surface area contributed by atoms with Crippen molar-refractivity contribution in [3.8, 4) is 10.4 Å². The highest BCUT2D eigenvalue weighted by molar-refractivity contribution is 7.15. The minimum absolute atomic E-state index is 0.159. The van der Waals surface area contributed by atoms with Crippen molar-refractivity contribution >= 4 is 28.6 Å². The molecule has 17 heavy (non-hydrogen) atoms. The predicted octanol–water partition coefficient (Wildman–Crippen LogP) is 3.29. The summed E-state index contributed by atoms with van der Waals surface area (Å²) in [6, 6.07) is 2.13. The number of hydrogen-bond acceptors (Lipinski definition) is 5. The molecule has 0 bridgehead atoms. The highest BCUT2D eigenvalue weighted by Gasteiger charge is 2.07. The van der Waals surface area contributed by atoms with Crippen LogP contribution in [-0.4, -0.2) is 18.1 Å². The number of thiophene rings is 1. The van der Waals surface area contributed by atoms with Gasteiger partial charge in [-0.25, -0.2) is 4.98 Å². The molecule has 0 aliphatic rings. The second-order valence-electron chi connectivity index (χ2n) is 3.62. The first-order valence-corrected chi connectivity index (χ1v) is 6.95. The first kappa shape index (κ1) is 12.3. The summed E-state index contributed by atoms with van der Waals surface area (Å²) in [5.41, 5.74) is 1.19. The number of carbonyl (C=O) groups is 1. The molecule has 0 fully saturated rings. The third kappa shape index (κ3) is 3.14. The molecule has 3 nitrogen and oxygen atoms in total. The molecule has 90 valence electrons. The fourth-order valence-electron chi connectivity index (χ4n) is 1.46. The summed E-state index contributed by atoms with van der Waals surface area (Å²) in [6.07, 6.45) is 3.08. The van der Waals surface area contributed by atoms with E-state index in [9.17, 15) is 4.79 Å². The Kier molecular flexibility index (Phi) is 3.91. The van der Waals surface area contributed by atoms with Crippen LogP contribution in [0.4, 0.5) is 0 Å². The quantitative estimate of drug-likeness (QED) is 0.798. The second kappa shape index (κ2) is 5.42. The Morgan fingerprint density at radius 3 is 3.00 bits per heavy atom. The van der Waals surface area contributed by atoms with Crippen molar-refractivity contribution in [2.45, 2.75) is 19.8 Å². The van der Waals surface area contributed by atoms with Crippen LogP contribution >= 0.6 is 22.7 Å². The van der Waals surface area contributed by atoms with E-state index in [-0.39, 0.29) is 5.97 Å². The van der Waals surface area contributed by atoms with Crippen molar-refractivity contribution < 1.29 is 9.53 Å². The van der Waals surface area contributed by atoms with Gasteiger partial charge in [0.2, 0.25) is 0 Å². The molecule has 0 spiro atoms. The number of thiazole rings is 1. The smallest absolute Gasteiger partial charge is 0.305 e. The van der Waals surface area contributed by atoms with Crippen molar-refractivity contribution in [2.75, 3.05) is 7.11 Å². The Hall–Kier alpha value is -1.20. The minimum Gasteiger partial charge on any atom is -0.469 e. The van der Waals surface area contributed by atoms with Gasteiger partial charge in [-0.1, -0.05) is 0 Å². The number of aromatic nitrogens is 1. The van der Waals surface area contributed by atoms with E-state index in [2.05, 4.69) is 21.2 Å². The number of hydrogen-bond donors (Lipinski definition) is 0. The van der Waals surface area contributed by atoms with Crippen LogP contribution in [0.25, 0.3) is 10.4 Å². The molecule has 2 aromatic heterocycles. The maximum atomic E-state index is 11.0. The number of nitrogens with zero attached hydrogens (tertiary/aromatic N) is 1. The van der Waals surface area contributed by atoms with Crippen LogP contribution in [0.15, 0.2) is 17.6 Å². The lowest BCUT2D eigenvalue weighted by Crippen LogP contribution is -2.00. The summed E-state index contributed by atoms with van der Waals surface area (Å²) in [7, 11) is 1.42. The van der Waals surface area contributed by atoms with Gasteiger partial charge in [0, 0.05) is 16.6 Å². The van der Waals surface area contributed by atoms with E-state index in [1.807, 2.05) is 13.1 Å². The number of rotatable bonds is 4. The number of aryl methyl sites for hydroxylation is 2. The summed E-state index contributed by atoms with van der Waals surface area (Å²) in [6.45, 7) is 2.00. The SMILES string of the molecule is COC(=O)CCc1cc(-c2cnc(C)s2)cs1. The van der Waals surface area contributed by atoms with Crippen molar-refractivity contribution in [3.63, 3.8) is 0 Å². The van der Waals surface area contributed by atoms with Gasteiger partial charge in [-0.2, -0.15) is 0 Å². The van der Waals surface area contributed by atoms with Gasteiger partial charge in [0.25, 0.3) is 0 Å². The molecule has 0 N–H and O–H groups in total. The van der Waals surface area contributed by atoms with Crippen LogP contribution in [0.5, 0.6) is 0 Å². The molecule has 0 unspecified atom stereocenters. The van der Waals surface area contributed by atoms with E-state index in [0.29, 0.717) is 6.42 Å². The number of ether oxygens (including phenoxy) is 1. The van der Waals surface area contributed by atoms with Gasteiger partial charge >= 0.3 is 5.97 Å². The summed E-state index contributed by atoms with van der Waals surface area (Å²) in [5.74, 6) is -0.159. The average molecular weight is 267 g/mol. The highest BCUT2D eigenvalue weighted by atomic mass is 32.1. The molecule has 0 saturated heterocycles. The van der Waals surface area contributed by atoms with Crippen LogP contribution in [0.1, 0.15) is 16.3 Å². The predicted molar refractivity (Wildman–Crippen MR) is 70.5 cm³/mol. The zero-order valence-electron chi connectivity index (χ0n) is 9.73. The van der Waals surface area contributed by atoms with Crippen LogP contribution in [0, 0.1) is 6.92 Å². The lowest BCUT2D eigenvalue weighted by molar-refractivity contribution is -0.140. The zero-order chi connectivity index (χ0) is 12.3. The van der Waals surface area contributed by atoms with Crippen molar-refractivity contribution in [2.24, 2.45) is 0 Å². The van der Waals surface area contributed by atoms with E-state index >= 15 is 0 Å². The van der Waals surface area contributed by atoms with Gasteiger partial charge in [-0.3, -0.25) is 4.79 Å². The second-order valence-corrected chi connectivity index (χ2v) is 5.85. The lowest BCUT2D eigenvalue weighted by atomic mass is 10.2. The standard InChI is InChI=1S/C12H13NO2S2/c1-8-13-6-11(17-8)9-5-10(16-7-9)3-4-12(14)15-2/h5-7H,3-4H2,1-2H3. The molecular weight excluding hydrogens is 254 g/mol. The molecule has 2 aromatic rings. The summed E-state index contributed by atoms with van der Waals surface area (Å²) < 4.78 is 4.62. The van der Waals surface area contributed by atoms with Crippen LogP contribution in [0.3, 0.4) is 0 Å². The van der Waals surface area contributed by atoms with Crippen molar-refractivity contribution in [1.82, 2.24) is 4.98 Å². The van der Waals surface area contributed by atoms with E-state index < -0.39 is 0 Å². The monoisotopic (exact) mass is 267 g/mol. The number of esters is 1. The molecule has 0 saturated carbocycles. The van der Waals surface area contributed by atoms with Gasteiger partial charge in [0.1, 0.15) is 0 Å². The van der Waals surface area contributed by atoms with Crippen LogP contribution in [-0.2, 0) is 16.0 Å². The molecule has 5 heteroatoms. The maximum Gasteiger partial charge on any atom is 0.305 e. The lowest BCUT2D eigenvalue weighted by Gasteiger charge is -1.96.